The Hall–Kier alpha value is -6.66. The summed E-state index contributed by atoms with van der Waals surface area (Å²) in [6.45, 7) is 13.0. The zero-order valence-electron chi connectivity index (χ0n) is 57.6. The fraction of sp³-hybridized carbons (Fsp3) is 0.468. The molecule has 10 rings (SSSR count). The molecule has 1 heterocycles. The Morgan fingerprint density at radius 1 is 0.278 bits per heavy atom. The summed E-state index contributed by atoms with van der Waals surface area (Å²) in [6, 6.07) is 55.8. The highest BCUT2D eigenvalue weighted by atomic mass is 16.6. The Labute approximate surface area is 573 Å². The lowest BCUT2D eigenvalue weighted by atomic mass is 9.73. The summed E-state index contributed by atoms with van der Waals surface area (Å²) >= 11 is 0. The zero-order valence-corrected chi connectivity index (χ0v) is 57.6. The van der Waals surface area contributed by atoms with Crippen molar-refractivity contribution in [1.29, 1.82) is 0 Å². The van der Waals surface area contributed by atoms with Gasteiger partial charge in [0.25, 0.3) is 0 Å². The Bertz CT molecular complexity index is 3430. The summed E-state index contributed by atoms with van der Waals surface area (Å²) < 4.78 is 95.2. The van der Waals surface area contributed by atoms with E-state index in [2.05, 4.69) is 149 Å². The number of aromatic nitrogens is 1. The summed E-state index contributed by atoms with van der Waals surface area (Å²) in [6.07, 6.45) is 2.86. The van der Waals surface area contributed by atoms with Crippen molar-refractivity contribution in [2.24, 2.45) is 0 Å². The van der Waals surface area contributed by atoms with E-state index in [0.29, 0.717) is 197 Å². The maximum Gasteiger partial charge on any atom is 0.119 e. The number of nitrogens with zero attached hydrogens (tertiary/aromatic N) is 2. The minimum atomic E-state index is -0.481. The van der Waals surface area contributed by atoms with E-state index in [1.807, 2.05) is 12.1 Å². The second kappa shape index (κ2) is 39.2. The van der Waals surface area contributed by atoms with Crippen molar-refractivity contribution in [1.82, 2.24) is 4.57 Å². The lowest BCUT2D eigenvalue weighted by molar-refractivity contribution is 0.0145. The van der Waals surface area contributed by atoms with Crippen molar-refractivity contribution in [3.8, 4) is 33.7 Å². The SMILES string of the molecule is COCCOCCOCCOc1ccc(-n2c3ccccc3c3cc(N(c4ccc5c(c4)C(CCOCCOCCOC)(CCOCCOCCOC)c4ccccc4-5)c4ccc5c(c4)C(CCOCCOCCOC)(CCOCCOCCOC)c4ccccc4-5)ccc32)cc1. The zero-order chi connectivity index (χ0) is 67.2. The van der Waals surface area contributed by atoms with Crippen LogP contribution in [-0.2, 0) is 81.9 Å². The first-order chi connectivity index (χ1) is 48.0. The number of fused-ring (bicyclic) bond motifs is 9. The van der Waals surface area contributed by atoms with Gasteiger partial charge < -0.3 is 85.3 Å². The maximum atomic E-state index is 6.49. The van der Waals surface area contributed by atoms with E-state index in [1.165, 1.54) is 44.5 Å². The van der Waals surface area contributed by atoms with E-state index in [1.54, 1.807) is 35.5 Å². The minimum absolute atomic E-state index is 0.420. The van der Waals surface area contributed by atoms with Crippen molar-refractivity contribution in [2.45, 2.75) is 36.5 Å². The Balaban J connectivity index is 1.06. The summed E-state index contributed by atoms with van der Waals surface area (Å²) in [5.41, 5.74) is 15.1. The Morgan fingerprint density at radius 2 is 0.608 bits per heavy atom. The van der Waals surface area contributed by atoms with E-state index >= 15 is 0 Å². The molecule has 2 aliphatic rings. The largest absolute Gasteiger partial charge is 0.491 e. The van der Waals surface area contributed by atoms with Gasteiger partial charge in [-0.15, -0.1) is 0 Å². The van der Waals surface area contributed by atoms with E-state index in [-0.39, 0.29) is 0 Å². The minimum Gasteiger partial charge on any atom is -0.491 e. The lowest BCUT2D eigenvalue weighted by Gasteiger charge is -2.35. The van der Waals surface area contributed by atoms with Gasteiger partial charge in [-0.2, -0.15) is 0 Å². The third kappa shape index (κ3) is 18.8. The van der Waals surface area contributed by atoms with Crippen molar-refractivity contribution >= 4 is 38.9 Å². The Morgan fingerprint density at radius 3 is 1.03 bits per heavy atom. The van der Waals surface area contributed by atoms with E-state index in [9.17, 15) is 0 Å². The van der Waals surface area contributed by atoms with Gasteiger partial charge in [0, 0.05) is 106 Å². The molecule has 0 fully saturated rings. The quantitative estimate of drug-likeness (QED) is 0.0332. The topological polar surface area (TPSA) is 156 Å². The molecule has 97 heavy (non-hydrogen) atoms. The molecule has 0 atom stereocenters. The molecule has 0 N–H and O–H groups in total. The van der Waals surface area contributed by atoms with Gasteiger partial charge in [0.2, 0.25) is 0 Å². The van der Waals surface area contributed by atoms with Gasteiger partial charge in [0.15, 0.2) is 0 Å². The fourth-order valence-corrected chi connectivity index (χ4v) is 13.5. The van der Waals surface area contributed by atoms with Crippen LogP contribution in [-0.4, -0.2) is 212 Å². The van der Waals surface area contributed by atoms with Crippen LogP contribution in [0.15, 0.2) is 152 Å². The molecule has 0 saturated heterocycles. The van der Waals surface area contributed by atoms with Crippen molar-refractivity contribution in [3.63, 3.8) is 0 Å². The number of anilines is 3. The molecule has 0 unspecified atom stereocenters. The van der Waals surface area contributed by atoms with Crippen molar-refractivity contribution < 1.29 is 75.8 Å². The van der Waals surface area contributed by atoms with Crippen molar-refractivity contribution in [2.75, 3.05) is 212 Å². The molecule has 18 heteroatoms. The number of methoxy groups -OCH3 is 5. The lowest BCUT2D eigenvalue weighted by Crippen LogP contribution is -2.30. The molecular weight excluding hydrogens is 1230 g/mol. The highest BCUT2D eigenvalue weighted by Crippen LogP contribution is 2.57. The van der Waals surface area contributed by atoms with Crippen LogP contribution in [0.25, 0.3) is 49.7 Å². The first-order valence-electron chi connectivity index (χ1n) is 34.3. The van der Waals surface area contributed by atoms with Gasteiger partial charge in [0.1, 0.15) is 12.4 Å². The number of benzene rings is 7. The third-order valence-corrected chi connectivity index (χ3v) is 18.2. The van der Waals surface area contributed by atoms with Crippen LogP contribution in [0.5, 0.6) is 5.75 Å². The van der Waals surface area contributed by atoms with Gasteiger partial charge in [-0.25, -0.2) is 0 Å². The molecule has 7 aromatic carbocycles. The molecule has 1 aromatic heterocycles. The summed E-state index contributed by atoms with van der Waals surface area (Å²) in [5.74, 6) is 0.767. The summed E-state index contributed by atoms with van der Waals surface area (Å²) in [4.78, 5) is 2.46. The van der Waals surface area contributed by atoms with Gasteiger partial charge in [-0.05, 0) is 143 Å². The molecule has 0 amide bonds. The first-order valence-corrected chi connectivity index (χ1v) is 34.3. The first kappa shape index (κ1) is 73.1. The fourth-order valence-electron chi connectivity index (χ4n) is 13.5. The molecular formula is C79H100N2O16. The third-order valence-electron chi connectivity index (χ3n) is 18.2. The average molecular weight is 1330 g/mol. The van der Waals surface area contributed by atoms with Gasteiger partial charge in [0.05, 0.1) is 150 Å². The van der Waals surface area contributed by atoms with Crippen LogP contribution in [0.2, 0.25) is 0 Å². The molecule has 0 aliphatic heterocycles. The number of ether oxygens (including phenoxy) is 16. The summed E-state index contributed by atoms with van der Waals surface area (Å²) in [7, 11) is 8.40. The van der Waals surface area contributed by atoms with Crippen molar-refractivity contribution in [3.05, 3.63) is 174 Å². The van der Waals surface area contributed by atoms with Crippen LogP contribution in [0.1, 0.15) is 47.9 Å². The molecule has 0 bridgehead atoms. The standard InChI is InChI=1S/C79H100N2O16/c1-82-36-41-91-50-46-87-32-28-78(29-33-88-47-51-92-42-37-83-2)72-15-9-6-12-66(72)68-25-20-63(59-74(68)78)80(62-22-27-77-71(58-62)70-14-8-11-17-76(70)81(77)61-18-23-65(24-19-61)97-57-56-96-55-54-95-45-40-86-5)64-21-26-69-67-13-7-10-16-73(67)79(75(69)60-64,30-34-89-48-52-93-43-38-84-3)31-35-90-49-53-94-44-39-85-4/h6-27,58-60H,28-57H2,1-5H3. The highest BCUT2D eigenvalue weighted by molar-refractivity contribution is 6.11. The highest BCUT2D eigenvalue weighted by Gasteiger charge is 2.45. The average Bonchev–Trinajstić information content (AvgIpc) is 1.58. The van der Waals surface area contributed by atoms with E-state index in [0.717, 1.165) is 50.3 Å². The molecule has 0 spiro atoms. The van der Waals surface area contributed by atoms with E-state index in [4.69, 9.17) is 75.8 Å². The second-order valence-corrected chi connectivity index (χ2v) is 24.0. The van der Waals surface area contributed by atoms with Gasteiger partial charge in [-0.3, -0.25) is 0 Å². The molecule has 2 aliphatic carbocycles. The summed E-state index contributed by atoms with van der Waals surface area (Å²) in [5, 5.41) is 2.25. The Kier molecular flexibility index (Phi) is 29.5. The molecule has 0 radical (unpaired) electrons. The van der Waals surface area contributed by atoms with Crippen LogP contribution < -0.4 is 9.64 Å². The predicted octanol–water partition coefficient (Wildman–Crippen LogP) is 13.1. The monoisotopic (exact) mass is 1330 g/mol. The van der Waals surface area contributed by atoms with Crippen LogP contribution >= 0.6 is 0 Å². The van der Waals surface area contributed by atoms with Gasteiger partial charge in [-0.1, -0.05) is 78.9 Å². The van der Waals surface area contributed by atoms with Crippen LogP contribution in [0.4, 0.5) is 17.1 Å². The molecule has 522 valence electrons. The predicted molar refractivity (Wildman–Crippen MR) is 379 cm³/mol. The normalized spacial score (nSPS) is 13.4. The maximum absolute atomic E-state index is 6.49. The van der Waals surface area contributed by atoms with Crippen LogP contribution in [0.3, 0.4) is 0 Å². The van der Waals surface area contributed by atoms with E-state index < -0.39 is 10.8 Å². The number of hydrogen-bond donors (Lipinski definition) is 0. The molecule has 18 nitrogen and oxygen atoms in total. The number of para-hydroxylation sites is 1. The molecule has 8 aromatic rings. The number of hydrogen-bond acceptors (Lipinski definition) is 17. The second-order valence-electron chi connectivity index (χ2n) is 24.0. The van der Waals surface area contributed by atoms with Crippen LogP contribution in [0, 0.1) is 0 Å². The molecule has 0 saturated carbocycles. The van der Waals surface area contributed by atoms with Gasteiger partial charge >= 0.3 is 0 Å². The number of rotatable bonds is 50. The smallest absolute Gasteiger partial charge is 0.119 e.